The van der Waals surface area contributed by atoms with Gasteiger partial charge in [-0.15, -0.1) is 10.2 Å². The fraction of sp³-hybridized carbons (Fsp3) is 0.400. The van der Waals surface area contributed by atoms with Crippen LogP contribution in [-0.2, 0) is 14.8 Å². The Morgan fingerprint density at radius 1 is 1.21 bits per heavy atom. The Bertz CT molecular complexity index is 788. The first-order valence-electron chi connectivity index (χ1n) is 7.46. The van der Waals surface area contributed by atoms with Crippen molar-refractivity contribution in [3.63, 3.8) is 0 Å². The summed E-state index contributed by atoms with van der Waals surface area (Å²) >= 11 is 0.820. The molecule has 2 rings (SSSR count). The first kappa shape index (κ1) is 18.5. The van der Waals surface area contributed by atoms with Crippen LogP contribution in [0.25, 0.3) is 0 Å². The monoisotopic (exact) mass is 368 g/mol. The SMILES string of the molecule is CC(=O)Nc1nnc(S(=O)(=O)N[C@@H](CC(C)C)c2ccccc2)s1. The van der Waals surface area contributed by atoms with E-state index in [2.05, 4.69) is 20.2 Å². The first-order valence-corrected chi connectivity index (χ1v) is 9.76. The second kappa shape index (κ2) is 7.82. The van der Waals surface area contributed by atoms with E-state index in [1.807, 2.05) is 44.2 Å². The van der Waals surface area contributed by atoms with E-state index >= 15 is 0 Å². The third kappa shape index (κ3) is 5.08. The molecule has 1 amide bonds. The molecule has 24 heavy (non-hydrogen) atoms. The zero-order valence-electron chi connectivity index (χ0n) is 13.7. The number of nitrogens with one attached hydrogen (secondary N) is 2. The highest BCUT2D eigenvalue weighted by Crippen LogP contribution is 2.26. The Morgan fingerprint density at radius 2 is 1.88 bits per heavy atom. The Labute approximate surface area is 145 Å². The number of hydrogen-bond donors (Lipinski definition) is 2. The summed E-state index contributed by atoms with van der Waals surface area (Å²) < 4.78 is 27.7. The number of rotatable bonds is 7. The van der Waals surface area contributed by atoms with Crippen molar-refractivity contribution in [2.45, 2.75) is 37.6 Å². The Morgan fingerprint density at radius 3 is 2.46 bits per heavy atom. The Kier molecular flexibility index (Phi) is 6.03. The number of amides is 1. The van der Waals surface area contributed by atoms with E-state index in [9.17, 15) is 13.2 Å². The predicted molar refractivity (Wildman–Crippen MR) is 93.2 cm³/mol. The molecule has 1 aromatic carbocycles. The molecule has 0 aliphatic heterocycles. The molecular formula is C15H20N4O3S2. The Hall–Kier alpha value is -1.84. The second-order valence-corrected chi connectivity index (χ2v) is 8.63. The van der Waals surface area contributed by atoms with Gasteiger partial charge in [-0.25, -0.2) is 13.1 Å². The van der Waals surface area contributed by atoms with E-state index in [0.717, 1.165) is 16.9 Å². The third-order valence-corrected chi connectivity index (χ3v) is 5.80. The molecule has 0 bridgehead atoms. The van der Waals surface area contributed by atoms with Crippen molar-refractivity contribution in [1.29, 1.82) is 0 Å². The standard InChI is InChI=1S/C15H20N4O3S2/c1-10(2)9-13(12-7-5-4-6-8-12)19-24(21,22)15-18-17-14(23-15)16-11(3)20/h4-8,10,13,19H,9H2,1-3H3,(H,16,17,20)/t13-/m0/s1. The van der Waals surface area contributed by atoms with E-state index in [0.29, 0.717) is 12.3 Å². The predicted octanol–water partition coefficient (Wildman–Crippen LogP) is 2.56. The summed E-state index contributed by atoms with van der Waals surface area (Å²) in [5.41, 5.74) is 0.890. The summed E-state index contributed by atoms with van der Waals surface area (Å²) in [5.74, 6) is -0.0210. The van der Waals surface area contributed by atoms with Gasteiger partial charge in [0, 0.05) is 13.0 Å². The third-order valence-electron chi connectivity index (χ3n) is 3.13. The van der Waals surface area contributed by atoms with Crippen molar-refractivity contribution in [2.24, 2.45) is 5.92 Å². The van der Waals surface area contributed by atoms with Gasteiger partial charge in [0.1, 0.15) is 0 Å². The fourth-order valence-electron chi connectivity index (χ4n) is 2.17. The summed E-state index contributed by atoms with van der Waals surface area (Å²) in [4.78, 5) is 11.0. The van der Waals surface area contributed by atoms with Gasteiger partial charge in [0.05, 0.1) is 0 Å². The van der Waals surface area contributed by atoms with Gasteiger partial charge in [-0.05, 0) is 17.9 Å². The number of anilines is 1. The van der Waals surface area contributed by atoms with E-state index in [4.69, 9.17) is 0 Å². The summed E-state index contributed by atoms with van der Waals surface area (Å²) in [6, 6.07) is 9.04. The highest BCUT2D eigenvalue weighted by Gasteiger charge is 2.26. The van der Waals surface area contributed by atoms with Crippen molar-refractivity contribution in [1.82, 2.24) is 14.9 Å². The molecule has 1 atom stereocenters. The Balaban J connectivity index is 2.23. The maximum absolute atomic E-state index is 12.6. The van der Waals surface area contributed by atoms with Crippen molar-refractivity contribution in [2.75, 3.05) is 5.32 Å². The number of sulfonamides is 1. The van der Waals surface area contributed by atoms with Crippen LogP contribution in [0.4, 0.5) is 5.13 Å². The molecule has 2 aromatic rings. The number of carbonyl (C=O) groups is 1. The van der Waals surface area contributed by atoms with E-state index < -0.39 is 10.0 Å². The molecule has 1 aromatic heterocycles. The molecule has 0 unspecified atom stereocenters. The van der Waals surface area contributed by atoms with Gasteiger partial charge in [0.15, 0.2) is 0 Å². The van der Waals surface area contributed by atoms with Crippen molar-refractivity contribution in [3.8, 4) is 0 Å². The molecule has 0 spiro atoms. The number of benzene rings is 1. The van der Waals surface area contributed by atoms with Crippen molar-refractivity contribution in [3.05, 3.63) is 35.9 Å². The molecule has 0 aliphatic rings. The molecule has 9 heteroatoms. The number of aromatic nitrogens is 2. The molecule has 7 nitrogen and oxygen atoms in total. The summed E-state index contributed by atoms with van der Waals surface area (Å²) in [6.07, 6.45) is 0.653. The maximum atomic E-state index is 12.6. The lowest BCUT2D eigenvalue weighted by molar-refractivity contribution is -0.114. The lowest BCUT2D eigenvalue weighted by Crippen LogP contribution is -2.29. The van der Waals surface area contributed by atoms with Crippen LogP contribution in [0.1, 0.15) is 38.8 Å². The molecule has 0 aliphatic carbocycles. The smallest absolute Gasteiger partial charge is 0.270 e. The molecule has 0 radical (unpaired) electrons. The average Bonchev–Trinajstić information content (AvgIpc) is 2.95. The van der Waals surface area contributed by atoms with Crippen LogP contribution >= 0.6 is 11.3 Å². The molecule has 130 valence electrons. The molecule has 2 N–H and O–H groups in total. The van der Waals surface area contributed by atoms with E-state index in [-0.39, 0.29) is 21.4 Å². The number of hydrogen-bond acceptors (Lipinski definition) is 6. The lowest BCUT2D eigenvalue weighted by atomic mass is 9.98. The van der Waals surface area contributed by atoms with Crippen molar-refractivity contribution < 1.29 is 13.2 Å². The zero-order chi connectivity index (χ0) is 17.7. The molecular weight excluding hydrogens is 348 g/mol. The minimum absolute atomic E-state index is 0.156. The van der Waals surface area contributed by atoms with Crippen molar-refractivity contribution >= 4 is 32.4 Å². The van der Waals surface area contributed by atoms with Crippen LogP contribution in [0.5, 0.6) is 0 Å². The van der Waals surface area contributed by atoms with Gasteiger partial charge >= 0.3 is 0 Å². The largest absolute Gasteiger partial charge is 0.301 e. The van der Waals surface area contributed by atoms with Gasteiger partial charge in [-0.1, -0.05) is 55.5 Å². The molecule has 0 fully saturated rings. The summed E-state index contributed by atoms with van der Waals surface area (Å²) in [6.45, 7) is 5.38. The van der Waals surface area contributed by atoms with Gasteiger partial charge in [-0.2, -0.15) is 0 Å². The van der Waals surface area contributed by atoms with Gasteiger partial charge in [0.2, 0.25) is 15.4 Å². The topological polar surface area (TPSA) is 101 Å². The molecule has 0 saturated carbocycles. The number of nitrogens with zero attached hydrogens (tertiary/aromatic N) is 2. The first-order chi connectivity index (χ1) is 11.3. The van der Waals surface area contributed by atoms with Gasteiger partial charge in [0.25, 0.3) is 10.0 Å². The molecule has 1 heterocycles. The van der Waals surface area contributed by atoms with Crippen LogP contribution in [0, 0.1) is 5.92 Å². The normalized spacial score (nSPS) is 13.0. The van der Waals surface area contributed by atoms with Crippen LogP contribution in [-0.4, -0.2) is 24.5 Å². The van der Waals surface area contributed by atoms with Crippen LogP contribution in [0.15, 0.2) is 34.7 Å². The second-order valence-electron chi connectivity index (χ2n) is 5.77. The summed E-state index contributed by atoms with van der Waals surface area (Å²) in [5, 5.41) is 9.93. The maximum Gasteiger partial charge on any atom is 0.270 e. The molecule has 0 saturated heterocycles. The number of carbonyl (C=O) groups excluding carboxylic acids is 1. The minimum atomic E-state index is -3.82. The lowest BCUT2D eigenvalue weighted by Gasteiger charge is -2.20. The van der Waals surface area contributed by atoms with Crippen LogP contribution < -0.4 is 10.0 Å². The van der Waals surface area contributed by atoms with E-state index in [1.54, 1.807) is 0 Å². The highest BCUT2D eigenvalue weighted by atomic mass is 32.2. The summed E-state index contributed by atoms with van der Waals surface area (Å²) in [7, 11) is -3.82. The highest BCUT2D eigenvalue weighted by molar-refractivity contribution is 7.91. The zero-order valence-corrected chi connectivity index (χ0v) is 15.3. The van der Waals surface area contributed by atoms with E-state index in [1.165, 1.54) is 6.92 Å². The average molecular weight is 368 g/mol. The van der Waals surface area contributed by atoms with Gasteiger partial charge in [-0.3, -0.25) is 4.79 Å². The van der Waals surface area contributed by atoms with Crippen LogP contribution in [0.3, 0.4) is 0 Å². The fourth-order valence-corrected chi connectivity index (χ4v) is 4.37. The minimum Gasteiger partial charge on any atom is -0.301 e. The quantitative estimate of drug-likeness (QED) is 0.732. The van der Waals surface area contributed by atoms with Gasteiger partial charge < -0.3 is 5.32 Å². The van der Waals surface area contributed by atoms with Crippen LogP contribution in [0.2, 0.25) is 0 Å².